The van der Waals surface area contributed by atoms with Gasteiger partial charge in [-0.3, -0.25) is 9.69 Å². The standard InChI is InChI=1S/C23H31N3O/c1-3-13-26(14-4-2)16-19-24-21-18-10-6-5-9-17(18)15-23(11-7-8-12-23)20(21)22(27)25-19/h5-6,9-10H,3-4,7-8,11-16H2,1-2H3,(H,24,25,27). The predicted molar refractivity (Wildman–Crippen MR) is 110 cm³/mol. The number of aromatic amines is 1. The van der Waals surface area contributed by atoms with Crippen molar-refractivity contribution in [2.45, 2.75) is 70.8 Å². The van der Waals surface area contributed by atoms with Gasteiger partial charge in [-0.15, -0.1) is 0 Å². The third-order valence-corrected chi connectivity index (χ3v) is 6.31. The number of benzene rings is 1. The second-order valence-electron chi connectivity index (χ2n) is 8.33. The van der Waals surface area contributed by atoms with Gasteiger partial charge in [0.25, 0.3) is 5.56 Å². The smallest absolute Gasteiger partial charge is 0.255 e. The summed E-state index contributed by atoms with van der Waals surface area (Å²) < 4.78 is 0. The number of hydrogen-bond donors (Lipinski definition) is 1. The second-order valence-corrected chi connectivity index (χ2v) is 8.33. The van der Waals surface area contributed by atoms with E-state index in [9.17, 15) is 4.79 Å². The molecule has 1 spiro atoms. The maximum atomic E-state index is 13.2. The van der Waals surface area contributed by atoms with Crippen molar-refractivity contribution in [1.82, 2.24) is 14.9 Å². The van der Waals surface area contributed by atoms with E-state index in [1.807, 2.05) is 0 Å². The molecule has 0 saturated heterocycles. The maximum Gasteiger partial charge on any atom is 0.255 e. The fraction of sp³-hybridized carbons (Fsp3) is 0.565. The summed E-state index contributed by atoms with van der Waals surface area (Å²) in [5.41, 5.74) is 4.52. The van der Waals surface area contributed by atoms with E-state index in [1.54, 1.807) is 0 Å². The zero-order chi connectivity index (χ0) is 18.9. The summed E-state index contributed by atoms with van der Waals surface area (Å²) in [6.45, 7) is 7.20. The van der Waals surface area contributed by atoms with E-state index in [-0.39, 0.29) is 11.0 Å². The van der Waals surface area contributed by atoms with Crippen molar-refractivity contribution >= 4 is 0 Å². The summed E-state index contributed by atoms with van der Waals surface area (Å²) in [7, 11) is 0. The van der Waals surface area contributed by atoms with Crippen LogP contribution in [-0.4, -0.2) is 28.0 Å². The van der Waals surface area contributed by atoms with Crippen LogP contribution in [0.25, 0.3) is 11.3 Å². The molecule has 2 aliphatic carbocycles. The van der Waals surface area contributed by atoms with E-state index in [0.29, 0.717) is 0 Å². The van der Waals surface area contributed by atoms with E-state index < -0.39 is 0 Å². The van der Waals surface area contributed by atoms with Crippen LogP contribution in [0.4, 0.5) is 0 Å². The molecule has 1 N–H and O–H groups in total. The van der Waals surface area contributed by atoms with Crippen molar-refractivity contribution in [3.8, 4) is 11.3 Å². The third-order valence-electron chi connectivity index (χ3n) is 6.31. The molecule has 4 rings (SSSR count). The summed E-state index contributed by atoms with van der Waals surface area (Å²) >= 11 is 0. The van der Waals surface area contributed by atoms with Crippen molar-refractivity contribution in [1.29, 1.82) is 0 Å². The summed E-state index contributed by atoms with van der Waals surface area (Å²) in [4.78, 5) is 23.8. The SMILES string of the molecule is CCCN(CCC)Cc1nc2c(c(=O)[nH]1)C1(CCCC1)Cc1ccccc1-2. The molecular formula is C23H31N3O. The number of fused-ring (bicyclic) bond motifs is 4. The fourth-order valence-electron chi connectivity index (χ4n) is 5.23. The molecule has 0 bridgehead atoms. The molecule has 0 amide bonds. The van der Waals surface area contributed by atoms with Crippen molar-refractivity contribution in [3.05, 3.63) is 51.6 Å². The first-order chi connectivity index (χ1) is 13.2. The van der Waals surface area contributed by atoms with Crippen LogP contribution in [0, 0.1) is 0 Å². The molecule has 0 radical (unpaired) electrons. The monoisotopic (exact) mass is 365 g/mol. The Morgan fingerprint density at radius 2 is 1.81 bits per heavy atom. The van der Waals surface area contributed by atoms with Crippen LogP contribution in [0.15, 0.2) is 29.1 Å². The molecule has 27 heavy (non-hydrogen) atoms. The molecule has 1 heterocycles. The molecule has 4 heteroatoms. The van der Waals surface area contributed by atoms with Gasteiger partial charge in [0.1, 0.15) is 5.82 Å². The summed E-state index contributed by atoms with van der Waals surface area (Å²) in [5, 5.41) is 0. The first-order valence-corrected chi connectivity index (χ1v) is 10.6. The van der Waals surface area contributed by atoms with Crippen LogP contribution < -0.4 is 5.56 Å². The lowest BCUT2D eigenvalue weighted by Gasteiger charge is -2.35. The zero-order valence-electron chi connectivity index (χ0n) is 16.7. The lowest BCUT2D eigenvalue weighted by Crippen LogP contribution is -2.38. The highest BCUT2D eigenvalue weighted by atomic mass is 16.1. The second kappa shape index (κ2) is 7.59. The lowest BCUT2D eigenvalue weighted by atomic mass is 9.68. The van der Waals surface area contributed by atoms with E-state index in [2.05, 4.69) is 48.0 Å². The largest absolute Gasteiger partial charge is 0.309 e. The molecule has 1 saturated carbocycles. The number of rotatable bonds is 6. The summed E-state index contributed by atoms with van der Waals surface area (Å²) in [6.07, 6.45) is 7.85. The Labute approximate surface area is 162 Å². The van der Waals surface area contributed by atoms with Gasteiger partial charge in [-0.25, -0.2) is 4.98 Å². The summed E-state index contributed by atoms with van der Waals surface area (Å²) in [5.74, 6) is 0.811. The average Bonchev–Trinajstić information content (AvgIpc) is 3.10. The van der Waals surface area contributed by atoms with Gasteiger partial charge in [-0.1, -0.05) is 51.0 Å². The van der Waals surface area contributed by atoms with Gasteiger partial charge in [-0.05, 0) is 50.8 Å². The Kier molecular flexibility index (Phi) is 5.18. The van der Waals surface area contributed by atoms with Crippen LogP contribution in [0.5, 0.6) is 0 Å². The fourth-order valence-corrected chi connectivity index (χ4v) is 5.23. The van der Waals surface area contributed by atoms with E-state index in [4.69, 9.17) is 4.98 Å². The maximum absolute atomic E-state index is 13.2. The Hall–Kier alpha value is -1.94. The summed E-state index contributed by atoms with van der Waals surface area (Å²) in [6, 6.07) is 8.55. The van der Waals surface area contributed by atoms with Gasteiger partial charge < -0.3 is 4.98 Å². The minimum absolute atomic E-state index is 0.00464. The Balaban J connectivity index is 1.80. The van der Waals surface area contributed by atoms with Crippen molar-refractivity contribution in [2.75, 3.05) is 13.1 Å². The molecule has 1 aromatic heterocycles. The normalized spacial score (nSPS) is 17.3. The number of hydrogen-bond acceptors (Lipinski definition) is 3. The molecule has 0 unspecified atom stereocenters. The molecule has 2 aliphatic rings. The minimum atomic E-state index is -0.00464. The molecule has 2 aromatic rings. The predicted octanol–water partition coefficient (Wildman–Crippen LogP) is 4.43. The quantitative estimate of drug-likeness (QED) is 0.824. The number of nitrogens with one attached hydrogen (secondary N) is 1. The van der Waals surface area contributed by atoms with Crippen LogP contribution >= 0.6 is 0 Å². The Bertz CT molecular complexity index is 858. The molecular weight excluding hydrogens is 334 g/mol. The number of H-pyrrole nitrogens is 1. The van der Waals surface area contributed by atoms with Gasteiger partial charge >= 0.3 is 0 Å². The van der Waals surface area contributed by atoms with E-state index in [0.717, 1.165) is 74.4 Å². The van der Waals surface area contributed by atoms with Gasteiger partial charge in [0.15, 0.2) is 0 Å². The zero-order valence-corrected chi connectivity index (χ0v) is 16.7. The molecule has 1 aromatic carbocycles. The van der Waals surface area contributed by atoms with Crippen LogP contribution in [0.3, 0.4) is 0 Å². The number of aromatic nitrogens is 2. The van der Waals surface area contributed by atoms with Crippen LogP contribution in [0.2, 0.25) is 0 Å². The topological polar surface area (TPSA) is 49.0 Å². The van der Waals surface area contributed by atoms with E-state index >= 15 is 0 Å². The van der Waals surface area contributed by atoms with Gasteiger partial charge in [0.05, 0.1) is 17.8 Å². The molecule has 4 nitrogen and oxygen atoms in total. The van der Waals surface area contributed by atoms with Gasteiger partial charge in [-0.2, -0.15) is 0 Å². The Morgan fingerprint density at radius 3 is 2.52 bits per heavy atom. The van der Waals surface area contributed by atoms with Crippen molar-refractivity contribution < 1.29 is 0 Å². The third kappa shape index (κ3) is 3.36. The highest BCUT2D eigenvalue weighted by Gasteiger charge is 2.43. The Morgan fingerprint density at radius 1 is 1.11 bits per heavy atom. The lowest BCUT2D eigenvalue weighted by molar-refractivity contribution is 0.259. The average molecular weight is 366 g/mol. The van der Waals surface area contributed by atoms with Crippen LogP contribution in [0.1, 0.15) is 69.3 Å². The molecule has 0 atom stereocenters. The van der Waals surface area contributed by atoms with Crippen molar-refractivity contribution in [2.24, 2.45) is 0 Å². The first-order valence-electron chi connectivity index (χ1n) is 10.6. The van der Waals surface area contributed by atoms with E-state index in [1.165, 1.54) is 18.4 Å². The van der Waals surface area contributed by atoms with Gasteiger partial charge in [0.2, 0.25) is 0 Å². The van der Waals surface area contributed by atoms with Crippen LogP contribution in [-0.2, 0) is 18.4 Å². The number of nitrogens with zero attached hydrogens (tertiary/aromatic N) is 2. The molecule has 1 fully saturated rings. The highest BCUT2D eigenvalue weighted by molar-refractivity contribution is 5.71. The molecule has 144 valence electrons. The van der Waals surface area contributed by atoms with Crippen molar-refractivity contribution in [3.63, 3.8) is 0 Å². The minimum Gasteiger partial charge on any atom is -0.309 e. The highest BCUT2D eigenvalue weighted by Crippen LogP contribution is 2.49. The first kappa shape index (κ1) is 18.4. The molecule has 0 aliphatic heterocycles. The van der Waals surface area contributed by atoms with Gasteiger partial charge in [0, 0.05) is 11.0 Å².